The second-order valence-corrected chi connectivity index (χ2v) is 12.0. The molecule has 2 atom stereocenters. The van der Waals surface area contributed by atoms with Gasteiger partial charge in [-0.05, 0) is 92.5 Å². The normalized spacial score (nSPS) is 15.4. The molecule has 2 aromatic rings. The number of unbranched alkanes of at least 4 members (excludes halogenated alkanes) is 1. The average molecular weight is 573 g/mol. The predicted molar refractivity (Wildman–Crippen MR) is 184 cm³/mol. The third-order valence-electron chi connectivity index (χ3n) is 8.41. The van der Waals surface area contributed by atoms with Crippen molar-refractivity contribution in [3.05, 3.63) is 83.0 Å². The van der Waals surface area contributed by atoms with Crippen LogP contribution in [-0.2, 0) is 22.4 Å². The number of hydrogen-bond donors (Lipinski definition) is 0. The van der Waals surface area contributed by atoms with Crippen LogP contribution in [0.1, 0.15) is 123 Å². The number of aryl methyl sites for hydroxylation is 2. The molecule has 3 rings (SSSR count). The Morgan fingerprint density at radius 3 is 2.26 bits per heavy atom. The summed E-state index contributed by atoms with van der Waals surface area (Å²) in [7, 11) is 0. The molecular formula is C40H60O2. The van der Waals surface area contributed by atoms with Gasteiger partial charge >= 0.3 is 0 Å². The molecule has 0 amide bonds. The molecule has 0 aromatic heterocycles. The van der Waals surface area contributed by atoms with E-state index >= 15 is 0 Å². The van der Waals surface area contributed by atoms with E-state index < -0.39 is 0 Å². The predicted octanol–water partition coefficient (Wildman–Crippen LogP) is 11.5. The number of benzene rings is 2. The number of carbonyl (C=O) groups excluding carboxylic acids is 2. The molecule has 1 fully saturated rings. The van der Waals surface area contributed by atoms with Crippen LogP contribution in [0.15, 0.2) is 66.3 Å². The minimum atomic E-state index is -0.0372. The quantitative estimate of drug-likeness (QED) is 0.144. The van der Waals surface area contributed by atoms with Gasteiger partial charge in [0, 0.05) is 24.3 Å². The number of rotatable bonds is 12. The molecule has 0 N–H and O–H groups in total. The van der Waals surface area contributed by atoms with Crippen molar-refractivity contribution in [2.75, 3.05) is 0 Å². The third-order valence-corrected chi connectivity index (χ3v) is 8.41. The van der Waals surface area contributed by atoms with Crippen molar-refractivity contribution >= 4 is 11.6 Å². The van der Waals surface area contributed by atoms with Crippen LogP contribution in [0.25, 0.3) is 11.1 Å². The lowest BCUT2D eigenvalue weighted by atomic mass is 9.89. The molecule has 2 nitrogen and oxygen atoms in total. The average Bonchev–Trinajstić information content (AvgIpc) is 3.01. The lowest BCUT2D eigenvalue weighted by Crippen LogP contribution is -2.15. The Balaban J connectivity index is 0.000000748. The Hall–Kier alpha value is -2.74. The van der Waals surface area contributed by atoms with Crippen LogP contribution >= 0.6 is 0 Å². The molecule has 1 aliphatic rings. The summed E-state index contributed by atoms with van der Waals surface area (Å²) >= 11 is 0. The first-order valence-electron chi connectivity index (χ1n) is 16.7. The van der Waals surface area contributed by atoms with Crippen LogP contribution in [-0.4, -0.2) is 11.6 Å². The first kappa shape index (κ1) is 37.3. The largest absolute Gasteiger partial charge is 0.300 e. The summed E-state index contributed by atoms with van der Waals surface area (Å²) < 4.78 is 0. The molecule has 232 valence electrons. The van der Waals surface area contributed by atoms with Gasteiger partial charge in [-0.25, -0.2) is 0 Å². The fraction of sp³-hybridized carbons (Fsp3) is 0.550. The molecule has 2 heteroatoms. The lowest BCUT2D eigenvalue weighted by Gasteiger charge is -2.14. The summed E-state index contributed by atoms with van der Waals surface area (Å²) in [4.78, 5) is 23.4. The summed E-state index contributed by atoms with van der Waals surface area (Å²) in [5, 5.41) is 0. The smallest absolute Gasteiger partial charge is 0.165 e. The van der Waals surface area contributed by atoms with Crippen molar-refractivity contribution in [3.63, 3.8) is 0 Å². The minimum Gasteiger partial charge on any atom is -0.300 e. The van der Waals surface area contributed by atoms with E-state index in [1.165, 1.54) is 53.5 Å². The van der Waals surface area contributed by atoms with Crippen molar-refractivity contribution in [2.24, 2.45) is 17.8 Å². The summed E-state index contributed by atoms with van der Waals surface area (Å²) in [6.45, 7) is 18.9. The molecule has 0 spiro atoms. The highest BCUT2D eigenvalue weighted by Crippen LogP contribution is 2.28. The third kappa shape index (κ3) is 13.5. The Morgan fingerprint density at radius 1 is 0.976 bits per heavy atom. The van der Waals surface area contributed by atoms with Crippen LogP contribution in [0, 0.1) is 24.7 Å². The molecule has 0 aliphatic heterocycles. The number of Topliss-reactive ketones (excluding diaryl/α,β-unsaturated/α-hetero) is 2. The molecular weight excluding hydrogens is 512 g/mol. The van der Waals surface area contributed by atoms with Crippen molar-refractivity contribution in [1.29, 1.82) is 0 Å². The zero-order chi connectivity index (χ0) is 31.5. The van der Waals surface area contributed by atoms with Gasteiger partial charge in [-0.3, -0.25) is 9.59 Å². The van der Waals surface area contributed by atoms with Crippen molar-refractivity contribution in [1.82, 2.24) is 0 Å². The van der Waals surface area contributed by atoms with Gasteiger partial charge in [0.05, 0.1) is 0 Å². The van der Waals surface area contributed by atoms with E-state index in [1.54, 1.807) is 0 Å². The summed E-state index contributed by atoms with van der Waals surface area (Å²) in [5.74, 6) is 2.27. The number of ketones is 2. The maximum atomic E-state index is 12.8. The van der Waals surface area contributed by atoms with Gasteiger partial charge in [-0.1, -0.05) is 121 Å². The number of allylic oxidation sites excluding steroid dienone is 4. The lowest BCUT2D eigenvalue weighted by molar-refractivity contribution is -0.121. The van der Waals surface area contributed by atoms with Crippen LogP contribution in [0.5, 0.6) is 0 Å². The Kier molecular flexibility index (Phi) is 18.7. The van der Waals surface area contributed by atoms with Crippen molar-refractivity contribution in [2.45, 2.75) is 127 Å². The second kappa shape index (κ2) is 21.0. The zero-order valence-corrected chi connectivity index (χ0v) is 28.4. The van der Waals surface area contributed by atoms with E-state index in [-0.39, 0.29) is 11.7 Å². The Bertz CT molecular complexity index is 1130. The molecule has 0 radical (unpaired) electrons. The highest BCUT2D eigenvalue weighted by molar-refractivity contribution is 5.99. The van der Waals surface area contributed by atoms with Gasteiger partial charge in [0.2, 0.25) is 0 Å². The zero-order valence-electron chi connectivity index (χ0n) is 28.4. The summed E-state index contributed by atoms with van der Waals surface area (Å²) in [5.41, 5.74) is 7.29. The molecule has 1 saturated carbocycles. The minimum absolute atomic E-state index is 0.0372. The molecule has 0 heterocycles. The van der Waals surface area contributed by atoms with E-state index in [0.29, 0.717) is 5.78 Å². The monoisotopic (exact) mass is 572 g/mol. The van der Waals surface area contributed by atoms with E-state index in [0.717, 1.165) is 55.9 Å². The summed E-state index contributed by atoms with van der Waals surface area (Å²) in [6, 6.07) is 15.7. The Labute approximate surface area is 259 Å². The fourth-order valence-electron chi connectivity index (χ4n) is 5.34. The van der Waals surface area contributed by atoms with Crippen LogP contribution in [0.3, 0.4) is 0 Å². The molecule has 0 bridgehead atoms. The molecule has 0 saturated heterocycles. The maximum absolute atomic E-state index is 12.8. The maximum Gasteiger partial charge on any atom is 0.165 e. The van der Waals surface area contributed by atoms with Gasteiger partial charge in [-0.2, -0.15) is 0 Å². The van der Waals surface area contributed by atoms with Crippen molar-refractivity contribution in [3.8, 4) is 11.1 Å². The van der Waals surface area contributed by atoms with E-state index in [9.17, 15) is 9.59 Å². The molecule has 2 aromatic carbocycles. The molecule has 42 heavy (non-hydrogen) atoms. The first-order chi connectivity index (χ1) is 20.2. The van der Waals surface area contributed by atoms with E-state index in [4.69, 9.17) is 0 Å². The van der Waals surface area contributed by atoms with Gasteiger partial charge in [0.25, 0.3) is 0 Å². The van der Waals surface area contributed by atoms with Crippen LogP contribution < -0.4 is 0 Å². The van der Waals surface area contributed by atoms with Crippen LogP contribution in [0.4, 0.5) is 0 Å². The van der Waals surface area contributed by atoms with E-state index in [1.807, 2.05) is 52.8 Å². The standard InChI is InChI=1S/C31H42O.C7H12O.C2H6/c1-7-13-28(9-3)31(32)25(6)20-27-19-18-24(5)30(22-27)29-17-12-16-26(21-29)15-11-10-14-23(4)8-2;1-6-2-4-7(8)5-3-6;1-2/h7,9,12-13,16-19,21-23,25H,8,10-11,14-15,20H2,1-6H3;6H,2-5H2,1H3;1-2H3/b13-7-,28-9+;;. The summed E-state index contributed by atoms with van der Waals surface area (Å²) in [6.07, 6.45) is 16.7. The number of carbonyl (C=O) groups is 2. The Morgan fingerprint density at radius 2 is 1.67 bits per heavy atom. The van der Waals surface area contributed by atoms with Crippen molar-refractivity contribution < 1.29 is 9.59 Å². The van der Waals surface area contributed by atoms with Gasteiger partial charge in [0.15, 0.2) is 5.78 Å². The fourth-order valence-corrected chi connectivity index (χ4v) is 5.34. The molecule has 2 unspecified atom stereocenters. The SMILES string of the molecule is C/C=C\C(=C/C)C(=O)C(C)Cc1ccc(C)c(-c2cccc(CCCCC(C)CC)c2)c1.CC.CC1CCC(=O)CC1. The molecule has 1 aliphatic carbocycles. The second-order valence-electron chi connectivity index (χ2n) is 12.0. The number of hydrogen-bond acceptors (Lipinski definition) is 2. The first-order valence-corrected chi connectivity index (χ1v) is 16.7. The highest BCUT2D eigenvalue weighted by Gasteiger charge is 2.17. The van der Waals surface area contributed by atoms with Gasteiger partial charge in [0.1, 0.15) is 5.78 Å². The topological polar surface area (TPSA) is 34.1 Å². The van der Waals surface area contributed by atoms with E-state index in [2.05, 4.69) is 70.2 Å². The highest BCUT2D eigenvalue weighted by atomic mass is 16.1. The van der Waals surface area contributed by atoms with Gasteiger partial charge in [-0.15, -0.1) is 0 Å². The van der Waals surface area contributed by atoms with Gasteiger partial charge < -0.3 is 0 Å². The van der Waals surface area contributed by atoms with Crippen LogP contribution in [0.2, 0.25) is 0 Å².